The molecule has 0 atom stereocenters. The molecule has 0 aliphatic heterocycles. The lowest BCUT2D eigenvalue weighted by Crippen LogP contribution is -2.26. The van der Waals surface area contributed by atoms with Crippen molar-refractivity contribution in [2.45, 2.75) is 6.55 Å². The van der Waals surface area contributed by atoms with E-state index in [9.17, 15) is 17.6 Å². The third-order valence-electron chi connectivity index (χ3n) is 0.583. The van der Waals surface area contributed by atoms with Gasteiger partial charge in [0, 0.05) is 0 Å². The van der Waals surface area contributed by atoms with Gasteiger partial charge in [-0.05, 0) is 0 Å². The van der Waals surface area contributed by atoms with Gasteiger partial charge in [-0.25, -0.2) is 8.78 Å². The van der Waals surface area contributed by atoms with Gasteiger partial charge < -0.3 is 0 Å². The van der Waals surface area contributed by atoms with E-state index < -0.39 is 20.1 Å². The highest BCUT2D eigenvalue weighted by Crippen LogP contribution is 2.01. The molecule has 1 nitrogen and oxygen atoms in total. The van der Waals surface area contributed by atoms with Crippen molar-refractivity contribution < 1.29 is 17.6 Å². The second-order valence-corrected chi connectivity index (χ2v) is 1.11. The molecule has 5 heteroatoms. The van der Waals surface area contributed by atoms with Crippen LogP contribution in [-0.4, -0.2) is 25.0 Å². The predicted molar refractivity (Wildman–Crippen MR) is 19.8 cm³/mol. The molecule has 0 spiro atoms. The first-order chi connectivity index (χ1) is 3.72. The zero-order valence-electron chi connectivity index (χ0n) is 3.95. The van der Waals surface area contributed by atoms with Gasteiger partial charge in [-0.3, -0.25) is 0 Å². The first-order valence-corrected chi connectivity index (χ1v) is 1.86. The summed E-state index contributed by atoms with van der Waals surface area (Å²) in [6, 6.07) is 0. The first-order valence-electron chi connectivity index (χ1n) is 1.86. The first kappa shape index (κ1) is 7.68. The zero-order valence-corrected chi connectivity index (χ0v) is 3.95. The van der Waals surface area contributed by atoms with E-state index in [0.717, 1.165) is 0 Å². The van der Waals surface area contributed by atoms with Crippen LogP contribution in [0.15, 0.2) is 0 Å². The van der Waals surface area contributed by atoms with Gasteiger partial charge in [0.1, 0.15) is 13.6 Å². The molecule has 0 radical (unpaired) electrons. The van der Waals surface area contributed by atoms with Gasteiger partial charge >= 0.3 is 0 Å². The summed E-state index contributed by atoms with van der Waals surface area (Å²) >= 11 is 0. The Bertz CT molecular complexity index is 53.2. The maximum Gasteiger partial charge on any atom is 0.298 e. The van der Waals surface area contributed by atoms with Gasteiger partial charge in [-0.2, -0.15) is 13.7 Å². The SMILES string of the molecule is FCN(CF)C(F)F. The Morgan fingerprint density at radius 1 is 1.12 bits per heavy atom. The summed E-state index contributed by atoms with van der Waals surface area (Å²) < 4.78 is 44.5. The molecule has 0 saturated carbocycles. The van der Waals surface area contributed by atoms with Crippen LogP contribution in [0.25, 0.3) is 0 Å². The lowest BCUT2D eigenvalue weighted by atomic mass is 10.9. The van der Waals surface area contributed by atoms with E-state index in [2.05, 4.69) is 0 Å². The molecule has 0 saturated heterocycles. The third kappa shape index (κ3) is 2.11. The summed E-state index contributed by atoms with van der Waals surface area (Å²) in [5, 5.41) is 0. The molecule has 0 fully saturated rings. The average Bonchev–Trinajstić information content (AvgIpc) is 1.69. The molecule has 0 amide bonds. The second-order valence-electron chi connectivity index (χ2n) is 1.11. The van der Waals surface area contributed by atoms with Crippen molar-refractivity contribution in [3.05, 3.63) is 0 Å². The number of nitrogens with zero attached hydrogens (tertiary/aromatic N) is 1. The van der Waals surface area contributed by atoms with Gasteiger partial charge in [0.2, 0.25) is 0 Å². The van der Waals surface area contributed by atoms with Crippen LogP contribution in [0, 0.1) is 0 Å². The maximum atomic E-state index is 11.1. The highest BCUT2D eigenvalue weighted by Gasteiger charge is 2.13. The summed E-state index contributed by atoms with van der Waals surface area (Å²) in [5.41, 5.74) is 0. The third-order valence-corrected chi connectivity index (χ3v) is 0.583. The molecule has 0 rings (SSSR count). The van der Waals surface area contributed by atoms with E-state index in [1.54, 1.807) is 0 Å². The number of halogens is 4. The Kier molecular flexibility index (Phi) is 3.51. The van der Waals surface area contributed by atoms with Gasteiger partial charge in [0.25, 0.3) is 6.55 Å². The average molecular weight is 131 g/mol. The molecule has 0 aromatic heterocycles. The van der Waals surface area contributed by atoms with E-state index in [1.165, 1.54) is 0 Å². The Labute approximate surface area is 43.9 Å². The lowest BCUT2D eigenvalue weighted by Gasteiger charge is -2.10. The van der Waals surface area contributed by atoms with Crippen molar-refractivity contribution in [1.82, 2.24) is 4.90 Å². The molecule has 0 heterocycles. The van der Waals surface area contributed by atoms with Crippen LogP contribution >= 0.6 is 0 Å². The predicted octanol–water partition coefficient (Wildman–Crippen LogP) is 1.37. The topological polar surface area (TPSA) is 3.24 Å². The van der Waals surface area contributed by atoms with Crippen molar-refractivity contribution in [2.75, 3.05) is 13.6 Å². The molecule has 0 N–H and O–H groups in total. The van der Waals surface area contributed by atoms with Gasteiger partial charge in [0.05, 0.1) is 0 Å². The Morgan fingerprint density at radius 3 is 1.50 bits per heavy atom. The molecule has 0 aromatic rings. The van der Waals surface area contributed by atoms with E-state index >= 15 is 0 Å². The minimum absolute atomic E-state index is 0.250. The quantitative estimate of drug-likeness (QED) is 0.413. The lowest BCUT2D eigenvalue weighted by molar-refractivity contribution is -0.0712. The molecule has 0 aromatic carbocycles. The number of hydrogen-bond acceptors (Lipinski definition) is 1. The van der Waals surface area contributed by atoms with Gasteiger partial charge in [-0.1, -0.05) is 0 Å². The number of rotatable bonds is 3. The molecule has 0 bridgehead atoms. The van der Waals surface area contributed by atoms with Crippen LogP contribution < -0.4 is 0 Å². The molecule has 0 aliphatic carbocycles. The molecular formula is C3H5F4N. The molecule has 8 heavy (non-hydrogen) atoms. The van der Waals surface area contributed by atoms with Gasteiger partial charge in [0.15, 0.2) is 0 Å². The molecular weight excluding hydrogens is 126 g/mol. The summed E-state index contributed by atoms with van der Waals surface area (Å²) in [6.45, 7) is -5.94. The Balaban J connectivity index is 3.35. The summed E-state index contributed by atoms with van der Waals surface area (Å²) in [4.78, 5) is -0.250. The fourth-order valence-corrected chi connectivity index (χ4v) is 0.136. The smallest absolute Gasteiger partial charge is 0.234 e. The maximum absolute atomic E-state index is 11.1. The standard InChI is InChI=1S/C3H5F4N/c4-1-8(2-5)3(6)7/h3H,1-2H2. The zero-order chi connectivity index (χ0) is 6.57. The molecule has 50 valence electrons. The monoisotopic (exact) mass is 131 g/mol. The van der Waals surface area contributed by atoms with E-state index in [4.69, 9.17) is 0 Å². The van der Waals surface area contributed by atoms with Crippen LogP contribution in [0.5, 0.6) is 0 Å². The van der Waals surface area contributed by atoms with E-state index in [1.807, 2.05) is 0 Å². The molecule has 0 aliphatic rings. The van der Waals surface area contributed by atoms with Gasteiger partial charge in [-0.15, -0.1) is 0 Å². The van der Waals surface area contributed by atoms with Crippen LogP contribution in [0.2, 0.25) is 0 Å². The molecule has 0 unspecified atom stereocenters. The number of alkyl halides is 4. The Hall–Kier alpha value is -0.320. The fraction of sp³-hybridized carbons (Fsp3) is 1.00. The van der Waals surface area contributed by atoms with Crippen molar-refractivity contribution in [3.63, 3.8) is 0 Å². The minimum atomic E-state index is -3.04. The summed E-state index contributed by atoms with van der Waals surface area (Å²) in [6.07, 6.45) is 0. The van der Waals surface area contributed by atoms with Crippen LogP contribution in [0.3, 0.4) is 0 Å². The normalized spacial score (nSPS) is 11.2. The van der Waals surface area contributed by atoms with E-state index in [0.29, 0.717) is 0 Å². The number of hydrogen-bond donors (Lipinski definition) is 0. The van der Waals surface area contributed by atoms with Crippen LogP contribution in [0.1, 0.15) is 0 Å². The van der Waals surface area contributed by atoms with Crippen LogP contribution in [-0.2, 0) is 0 Å². The fourth-order valence-electron chi connectivity index (χ4n) is 0.136. The summed E-state index contributed by atoms with van der Waals surface area (Å²) in [7, 11) is 0. The van der Waals surface area contributed by atoms with Crippen molar-refractivity contribution in [3.8, 4) is 0 Å². The minimum Gasteiger partial charge on any atom is -0.234 e. The Morgan fingerprint density at radius 2 is 1.50 bits per heavy atom. The summed E-state index contributed by atoms with van der Waals surface area (Å²) in [5.74, 6) is 0. The van der Waals surface area contributed by atoms with Crippen molar-refractivity contribution >= 4 is 0 Å². The van der Waals surface area contributed by atoms with Crippen molar-refractivity contribution in [2.24, 2.45) is 0 Å². The highest BCUT2D eigenvalue weighted by molar-refractivity contribution is 4.36. The van der Waals surface area contributed by atoms with E-state index in [-0.39, 0.29) is 4.90 Å². The largest absolute Gasteiger partial charge is 0.298 e. The van der Waals surface area contributed by atoms with Crippen LogP contribution in [0.4, 0.5) is 17.6 Å². The highest BCUT2D eigenvalue weighted by atomic mass is 19.3. The second kappa shape index (κ2) is 3.65. The van der Waals surface area contributed by atoms with Crippen molar-refractivity contribution in [1.29, 1.82) is 0 Å².